The van der Waals surface area contributed by atoms with Crippen molar-refractivity contribution in [3.8, 4) is 0 Å². The number of sulfonamides is 1. The first-order chi connectivity index (χ1) is 16.2. The maximum atomic E-state index is 13.2. The lowest BCUT2D eigenvalue weighted by Gasteiger charge is -2.37. The van der Waals surface area contributed by atoms with Crippen molar-refractivity contribution in [2.45, 2.75) is 37.1 Å². The standard InChI is InChI=1S/C26H25N3O4S/c1-16-9-11-24(17(2)13-16)28-34(32,33)20-10-12-25-23(15-20)21-7-4-8-22(21)26(27-25)18-5-3-6-19(14-18)29(30)31/h3-7,9-15,21-22,26-28H,8H2,1-2H3. The average molecular weight is 476 g/mol. The van der Waals surface area contributed by atoms with Crippen LogP contribution in [0.3, 0.4) is 0 Å². The molecule has 3 aromatic rings. The number of allylic oxidation sites excluding steroid dienone is 2. The Morgan fingerprint density at radius 1 is 1.06 bits per heavy atom. The molecule has 0 amide bonds. The fraction of sp³-hybridized carbons (Fsp3) is 0.231. The Bertz CT molecular complexity index is 1430. The predicted molar refractivity (Wildman–Crippen MR) is 133 cm³/mol. The lowest BCUT2D eigenvalue weighted by Crippen LogP contribution is -2.29. The predicted octanol–water partition coefficient (Wildman–Crippen LogP) is 5.84. The van der Waals surface area contributed by atoms with Gasteiger partial charge in [0.1, 0.15) is 0 Å². The van der Waals surface area contributed by atoms with Crippen molar-refractivity contribution in [1.29, 1.82) is 0 Å². The zero-order valence-electron chi connectivity index (χ0n) is 18.9. The summed E-state index contributed by atoms with van der Waals surface area (Å²) in [5.41, 5.74) is 5.17. The lowest BCUT2D eigenvalue weighted by molar-refractivity contribution is -0.384. The third-order valence-electron chi connectivity index (χ3n) is 6.71. The van der Waals surface area contributed by atoms with Crippen LogP contribution in [-0.2, 0) is 10.0 Å². The number of fused-ring (bicyclic) bond motifs is 3. The second-order valence-electron chi connectivity index (χ2n) is 9.00. The van der Waals surface area contributed by atoms with Crippen LogP contribution < -0.4 is 10.0 Å². The van der Waals surface area contributed by atoms with Crippen LogP contribution in [-0.4, -0.2) is 13.3 Å². The molecule has 1 aliphatic heterocycles. The largest absolute Gasteiger partial charge is 0.378 e. The van der Waals surface area contributed by atoms with Gasteiger partial charge in [0.2, 0.25) is 0 Å². The van der Waals surface area contributed by atoms with Gasteiger partial charge in [0.25, 0.3) is 15.7 Å². The van der Waals surface area contributed by atoms with Crippen LogP contribution in [0.2, 0.25) is 0 Å². The summed E-state index contributed by atoms with van der Waals surface area (Å²) < 4.78 is 29.1. The zero-order chi connectivity index (χ0) is 24.0. The molecule has 3 unspecified atom stereocenters. The summed E-state index contributed by atoms with van der Waals surface area (Å²) in [5.74, 6) is 0.163. The normalized spacial score (nSPS) is 20.8. The first-order valence-corrected chi connectivity index (χ1v) is 12.6. The Kier molecular flexibility index (Phi) is 5.40. The van der Waals surface area contributed by atoms with Crippen LogP contribution in [0, 0.1) is 29.9 Å². The minimum atomic E-state index is -3.77. The summed E-state index contributed by atoms with van der Waals surface area (Å²) in [6, 6.07) is 17.3. The molecule has 174 valence electrons. The number of rotatable bonds is 5. The Morgan fingerprint density at radius 2 is 1.88 bits per heavy atom. The SMILES string of the molecule is Cc1ccc(NS(=O)(=O)c2ccc3c(c2)C2C=CCC2C(c2cccc([N+](=O)[O-])c2)N3)c(C)c1. The van der Waals surface area contributed by atoms with Gasteiger partial charge in [-0.25, -0.2) is 8.42 Å². The topological polar surface area (TPSA) is 101 Å². The number of nitro groups is 1. The van der Waals surface area contributed by atoms with Crippen LogP contribution in [0.4, 0.5) is 17.1 Å². The number of anilines is 2. The minimum absolute atomic E-state index is 0.0248. The van der Waals surface area contributed by atoms with Crippen LogP contribution >= 0.6 is 0 Å². The van der Waals surface area contributed by atoms with Gasteiger partial charge in [0.15, 0.2) is 0 Å². The second kappa shape index (κ2) is 8.29. The number of aryl methyl sites for hydroxylation is 2. The molecule has 0 saturated heterocycles. The highest BCUT2D eigenvalue weighted by atomic mass is 32.2. The number of non-ortho nitro benzene ring substituents is 1. The number of nitrogens with one attached hydrogen (secondary N) is 2. The molecule has 0 bridgehead atoms. The van der Waals surface area contributed by atoms with Crippen molar-refractivity contribution in [3.05, 3.63) is 105 Å². The molecule has 1 heterocycles. The van der Waals surface area contributed by atoms with E-state index in [0.29, 0.717) is 5.69 Å². The Balaban J connectivity index is 1.49. The molecule has 0 spiro atoms. The van der Waals surface area contributed by atoms with Gasteiger partial charge in [-0.3, -0.25) is 14.8 Å². The summed E-state index contributed by atoms with van der Waals surface area (Å²) >= 11 is 0. The average Bonchev–Trinajstić information content (AvgIpc) is 3.30. The third kappa shape index (κ3) is 3.94. The van der Waals surface area contributed by atoms with E-state index in [1.807, 2.05) is 32.0 Å². The van der Waals surface area contributed by atoms with Crippen LogP contribution in [0.15, 0.2) is 77.7 Å². The number of hydrogen-bond acceptors (Lipinski definition) is 5. The van der Waals surface area contributed by atoms with Crippen LogP contribution in [0.1, 0.15) is 40.6 Å². The van der Waals surface area contributed by atoms with Crippen LogP contribution in [0.25, 0.3) is 0 Å². The van der Waals surface area contributed by atoms with Gasteiger partial charge >= 0.3 is 0 Å². The first-order valence-electron chi connectivity index (χ1n) is 11.1. The van der Waals surface area contributed by atoms with Gasteiger partial charge in [-0.15, -0.1) is 0 Å². The van der Waals surface area contributed by atoms with E-state index in [9.17, 15) is 18.5 Å². The van der Waals surface area contributed by atoms with Crippen molar-refractivity contribution in [1.82, 2.24) is 0 Å². The Labute approximate surface area is 198 Å². The molecular formula is C26H25N3O4S. The maximum Gasteiger partial charge on any atom is 0.269 e. The fourth-order valence-corrected chi connectivity index (χ4v) is 6.20. The fourth-order valence-electron chi connectivity index (χ4n) is 5.03. The molecule has 34 heavy (non-hydrogen) atoms. The lowest BCUT2D eigenvalue weighted by atomic mass is 9.77. The monoisotopic (exact) mass is 475 g/mol. The van der Waals surface area contributed by atoms with Gasteiger partial charge in [0.05, 0.1) is 21.5 Å². The summed E-state index contributed by atoms with van der Waals surface area (Å²) in [4.78, 5) is 11.1. The van der Waals surface area contributed by atoms with E-state index in [-0.39, 0.29) is 33.4 Å². The Morgan fingerprint density at radius 3 is 2.65 bits per heavy atom. The maximum absolute atomic E-state index is 13.2. The molecule has 5 rings (SSSR count). The van der Waals surface area contributed by atoms with E-state index in [1.165, 1.54) is 6.07 Å². The van der Waals surface area contributed by atoms with E-state index in [4.69, 9.17) is 0 Å². The van der Waals surface area contributed by atoms with Gasteiger partial charge in [0, 0.05) is 23.7 Å². The van der Waals surface area contributed by atoms with E-state index in [1.54, 1.807) is 36.4 Å². The molecule has 2 aliphatic rings. The van der Waals surface area contributed by atoms with E-state index >= 15 is 0 Å². The first kappa shape index (κ1) is 22.2. The molecule has 1 aliphatic carbocycles. The quantitative estimate of drug-likeness (QED) is 0.274. The second-order valence-corrected chi connectivity index (χ2v) is 10.7. The van der Waals surface area contributed by atoms with Crippen molar-refractivity contribution in [2.24, 2.45) is 5.92 Å². The highest BCUT2D eigenvalue weighted by Crippen LogP contribution is 2.50. The summed E-state index contributed by atoms with van der Waals surface area (Å²) in [6.07, 6.45) is 5.02. The van der Waals surface area contributed by atoms with Crippen molar-refractivity contribution in [2.75, 3.05) is 10.0 Å². The van der Waals surface area contributed by atoms with E-state index in [2.05, 4.69) is 22.2 Å². The van der Waals surface area contributed by atoms with Gasteiger partial charge in [-0.1, -0.05) is 42.0 Å². The Hall–Kier alpha value is -3.65. The molecule has 2 N–H and O–H groups in total. The molecule has 0 saturated carbocycles. The number of nitro benzene ring substituents is 1. The number of benzene rings is 3. The summed E-state index contributed by atoms with van der Waals surface area (Å²) in [7, 11) is -3.77. The molecule has 0 aromatic heterocycles. The third-order valence-corrected chi connectivity index (χ3v) is 8.07. The molecular weight excluding hydrogens is 450 g/mol. The zero-order valence-corrected chi connectivity index (χ0v) is 19.7. The molecule has 3 aromatic carbocycles. The molecule has 0 radical (unpaired) electrons. The highest BCUT2D eigenvalue weighted by Gasteiger charge is 2.38. The van der Waals surface area contributed by atoms with Crippen molar-refractivity contribution < 1.29 is 13.3 Å². The highest BCUT2D eigenvalue weighted by molar-refractivity contribution is 7.92. The van der Waals surface area contributed by atoms with Gasteiger partial charge in [-0.2, -0.15) is 0 Å². The summed E-state index contributed by atoms with van der Waals surface area (Å²) in [6.45, 7) is 3.85. The molecule has 7 nitrogen and oxygen atoms in total. The minimum Gasteiger partial charge on any atom is -0.378 e. The van der Waals surface area contributed by atoms with Crippen molar-refractivity contribution >= 4 is 27.1 Å². The van der Waals surface area contributed by atoms with Gasteiger partial charge in [-0.05, 0) is 67.1 Å². The molecule has 3 atom stereocenters. The smallest absolute Gasteiger partial charge is 0.269 e. The van der Waals surface area contributed by atoms with Crippen molar-refractivity contribution in [3.63, 3.8) is 0 Å². The molecule has 8 heteroatoms. The number of hydrogen-bond donors (Lipinski definition) is 2. The van der Waals surface area contributed by atoms with Gasteiger partial charge < -0.3 is 5.32 Å². The van der Waals surface area contributed by atoms with Crippen LogP contribution in [0.5, 0.6) is 0 Å². The summed E-state index contributed by atoms with van der Waals surface area (Å²) in [5, 5.41) is 14.8. The van der Waals surface area contributed by atoms with E-state index in [0.717, 1.165) is 34.4 Å². The number of nitrogens with zero attached hydrogens (tertiary/aromatic N) is 1. The molecule has 0 fully saturated rings. The van der Waals surface area contributed by atoms with E-state index < -0.39 is 10.0 Å².